The molecule has 1 heterocycles. The highest BCUT2D eigenvalue weighted by Crippen LogP contribution is 2.38. The molecule has 1 aliphatic heterocycles. The van der Waals surface area contributed by atoms with Crippen molar-refractivity contribution < 1.29 is 4.79 Å². The number of carbonyl (C=O) groups is 1. The highest BCUT2D eigenvalue weighted by molar-refractivity contribution is 8.03. The molecule has 2 aromatic rings. The summed E-state index contributed by atoms with van der Waals surface area (Å²) in [5.41, 5.74) is 2.00. The number of hydrogen-bond donors (Lipinski definition) is 0. The number of ketones is 1. The number of hydrogen-bond acceptors (Lipinski definition) is 2. The summed E-state index contributed by atoms with van der Waals surface area (Å²) in [6.45, 7) is 0. The van der Waals surface area contributed by atoms with Gasteiger partial charge in [0.05, 0.1) is 0 Å². The molecule has 1 aliphatic rings. The Bertz CT molecular complexity index is 614. The third-order valence-electron chi connectivity index (χ3n) is 2.89. The van der Waals surface area contributed by atoms with E-state index in [2.05, 4.69) is 18.2 Å². The smallest absolute Gasteiger partial charge is 0.168 e. The Labute approximate surface area is 111 Å². The van der Waals surface area contributed by atoms with Gasteiger partial charge in [0.15, 0.2) is 5.78 Å². The summed E-state index contributed by atoms with van der Waals surface area (Å²) in [7, 11) is 0. The number of fused-ring (bicyclic) bond motifs is 1. The molecule has 0 radical (unpaired) electrons. The van der Waals surface area contributed by atoms with Gasteiger partial charge in [-0.15, -0.1) is 0 Å². The molecule has 0 unspecified atom stereocenters. The Hall–Kier alpha value is -1.80. The van der Waals surface area contributed by atoms with Crippen molar-refractivity contribution in [1.82, 2.24) is 0 Å². The predicted molar refractivity (Wildman–Crippen MR) is 75.7 cm³/mol. The highest BCUT2D eigenvalue weighted by Gasteiger charge is 2.20. The third kappa shape index (κ3) is 2.24. The summed E-state index contributed by atoms with van der Waals surface area (Å²) in [5, 5.41) is 0. The standard InChI is InChI=1S/C16H12OS/c17-15-11-13(10-12-6-2-1-3-7-12)18-16-9-5-4-8-14(15)16/h1-10H,11H2/b13-10-. The summed E-state index contributed by atoms with van der Waals surface area (Å²) in [4.78, 5) is 14.2. The average Bonchev–Trinajstić information content (AvgIpc) is 2.40. The SMILES string of the molecule is O=C1C/C(=C/c2ccccc2)Sc2ccccc21. The molecular formula is C16H12OS. The number of thioether (sulfide) groups is 1. The number of benzene rings is 2. The number of Topliss-reactive ketones (excluding diaryl/α,β-unsaturated/α-hetero) is 1. The Morgan fingerprint density at radius 3 is 2.50 bits per heavy atom. The van der Waals surface area contributed by atoms with Crippen LogP contribution in [0, 0.1) is 0 Å². The van der Waals surface area contributed by atoms with Gasteiger partial charge in [-0.1, -0.05) is 60.3 Å². The lowest BCUT2D eigenvalue weighted by atomic mass is 10.1. The van der Waals surface area contributed by atoms with Crippen molar-refractivity contribution in [2.45, 2.75) is 11.3 Å². The lowest BCUT2D eigenvalue weighted by Gasteiger charge is -2.16. The van der Waals surface area contributed by atoms with Crippen LogP contribution in [0.1, 0.15) is 22.3 Å². The summed E-state index contributed by atoms with van der Waals surface area (Å²) < 4.78 is 0. The van der Waals surface area contributed by atoms with Gasteiger partial charge in [0.1, 0.15) is 0 Å². The molecule has 0 saturated carbocycles. The minimum Gasteiger partial charge on any atom is -0.294 e. The zero-order valence-electron chi connectivity index (χ0n) is 9.80. The van der Waals surface area contributed by atoms with Crippen LogP contribution in [0.25, 0.3) is 6.08 Å². The predicted octanol–water partition coefficient (Wildman–Crippen LogP) is 4.41. The van der Waals surface area contributed by atoms with E-state index in [0.717, 1.165) is 20.9 Å². The fraction of sp³-hybridized carbons (Fsp3) is 0.0625. The maximum atomic E-state index is 12.0. The van der Waals surface area contributed by atoms with E-state index in [4.69, 9.17) is 0 Å². The quantitative estimate of drug-likeness (QED) is 0.748. The molecule has 0 fully saturated rings. The van der Waals surface area contributed by atoms with Crippen LogP contribution in [0.5, 0.6) is 0 Å². The Morgan fingerprint density at radius 1 is 0.944 bits per heavy atom. The van der Waals surface area contributed by atoms with Gasteiger partial charge in [0.2, 0.25) is 0 Å². The van der Waals surface area contributed by atoms with Gasteiger partial charge >= 0.3 is 0 Å². The molecule has 3 rings (SSSR count). The van der Waals surface area contributed by atoms with E-state index in [1.807, 2.05) is 42.5 Å². The van der Waals surface area contributed by atoms with E-state index in [-0.39, 0.29) is 5.78 Å². The first-order chi connectivity index (χ1) is 8.83. The van der Waals surface area contributed by atoms with Crippen molar-refractivity contribution in [2.24, 2.45) is 0 Å². The van der Waals surface area contributed by atoms with E-state index in [1.54, 1.807) is 11.8 Å². The van der Waals surface area contributed by atoms with E-state index < -0.39 is 0 Å². The fourth-order valence-electron chi connectivity index (χ4n) is 2.03. The van der Waals surface area contributed by atoms with Crippen LogP contribution in [0.2, 0.25) is 0 Å². The minimum absolute atomic E-state index is 0.214. The van der Waals surface area contributed by atoms with Crippen LogP contribution in [-0.2, 0) is 0 Å². The van der Waals surface area contributed by atoms with E-state index >= 15 is 0 Å². The second kappa shape index (κ2) is 4.83. The topological polar surface area (TPSA) is 17.1 Å². The second-order valence-electron chi connectivity index (χ2n) is 4.22. The molecule has 2 aromatic carbocycles. The Balaban J connectivity index is 1.95. The Kier molecular flexibility index (Phi) is 3.03. The maximum Gasteiger partial charge on any atom is 0.168 e. The van der Waals surface area contributed by atoms with Gasteiger partial charge in [0.25, 0.3) is 0 Å². The zero-order valence-corrected chi connectivity index (χ0v) is 10.6. The zero-order chi connectivity index (χ0) is 12.4. The maximum absolute atomic E-state index is 12.0. The van der Waals surface area contributed by atoms with Gasteiger partial charge in [-0.3, -0.25) is 4.79 Å². The van der Waals surface area contributed by atoms with Gasteiger partial charge in [-0.05, 0) is 22.6 Å². The first kappa shape index (κ1) is 11.3. The van der Waals surface area contributed by atoms with E-state index in [9.17, 15) is 4.79 Å². The van der Waals surface area contributed by atoms with E-state index in [0.29, 0.717) is 6.42 Å². The van der Waals surface area contributed by atoms with Crippen molar-refractivity contribution in [3.63, 3.8) is 0 Å². The first-order valence-electron chi connectivity index (χ1n) is 5.88. The van der Waals surface area contributed by atoms with Crippen molar-refractivity contribution in [1.29, 1.82) is 0 Å². The van der Waals surface area contributed by atoms with Crippen LogP contribution in [-0.4, -0.2) is 5.78 Å². The lowest BCUT2D eigenvalue weighted by Crippen LogP contribution is -2.06. The molecule has 0 atom stereocenters. The van der Waals surface area contributed by atoms with Crippen molar-refractivity contribution in [2.75, 3.05) is 0 Å². The second-order valence-corrected chi connectivity index (χ2v) is 5.39. The molecule has 0 aliphatic carbocycles. The number of rotatable bonds is 1. The average molecular weight is 252 g/mol. The molecule has 0 N–H and O–H groups in total. The highest BCUT2D eigenvalue weighted by atomic mass is 32.2. The lowest BCUT2D eigenvalue weighted by molar-refractivity contribution is 0.0991. The molecular weight excluding hydrogens is 240 g/mol. The number of carbonyl (C=O) groups excluding carboxylic acids is 1. The number of allylic oxidation sites excluding steroid dienone is 1. The van der Waals surface area contributed by atoms with Gasteiger partial charge in [0, 0.05) is 16.9 Å². The molecule has 0 aromatic heterocycles. The first-order valence-corrected chi connectivity index (χ1v) is 6.70. The van der Waals surface area contributed by atoms with E-state index in [1.165, 1.54) is 0 Å². The molecule has 88 valence electrons. The van der Waals surface area contributed by atoms with Crippen LogP contribution < -0.4 is 0 Å². The monoisotopic (exact) mass is 252 g/mol. The van der Waals surface area contributed by atoms with Crippen LogP contribution in [0.4, 0.5) is 0 Å². The largest absolute Gasteiger partial charge is 0.294 e. The van der Waals surface area contributed by atoms with Gasteiger partial charge in [-0.2, -0.15) is 0 Å². The van der Waals surface area contributed by atoms with Gasteiger partial charge in [-0.25, -0.2) is 0 Å². The molecule has 0 bridgehead atoms. The molecule has 0 spiro atoms. The fourth-order valence-corrected chi connectivity index (χ4v) is 3.15. The molecule has 18 heavy (non-hydrogen) atoms. The van der Waals surface area contributed by atoms with Crippen LogP contribution in [0.15, 0.2) is 64.4 Å². The summed E-state index contributed by atoms with van der Waals surface area (Å²) in [6.07, 6.45) is 2.61. The molecule has 2 heteroatoms. The minimum atomic E-state index is 0.214. The summed E-state index contributed by atoms with van der Waals surface area (Å²) >= 11 is 1.70. The molecule has 0 amide bonds. The van der Waals surface area contributed by atoms with Crippen molar-refractivity contribution >= 4 is 23.6 Å². The van der Waals surface area contributed by atoms with Crippen molar-refractivity contribution in [3.05, 3.63) is 70.6 Å². The molecule has 1 nitrogen and oxygen atoms in total. The van der Waals surface area contributed by atoms with Crippen LogP contribution in [0.3, 0.4) is 0 Å². The third-order valence-corrected chi connectivity index (χ3v) is 3.99. The summed E-state index contributed by atoms with van der Waals surface area (Å²) in [5.74, 6) is 0.214. The molecule has 0 saturated heterocycles. The van der Waals surface area contributed by atoms with Gasteiger partial charge < -0.3 is 0 Å². The van der Waals surface area contributed by atoms with Crippen molar-refractivity contribution in [3.8, 4) is 0 Å². The summed E-state index contributed by atoms with van der Waals surface area (Å²) in [6, 6.07) is 17.9. The van der Waals surface area contributed by atoms with Crippen LogP contribution >= 0.6 is 11.8 Å². The normalized spacial score (nSPS) is 16.7. The Morgan fingerprint density at radius 2 is 1.67 bits per heavy atom.